The van der Waals surface area contributed by atoms with Crippen molar-refractivity contribution in [1.29, 1.82) is 0 Å². The van der Waals surface area contributed by atoms with E-state index in [9.17, 15) is 5.11 Å². The summed E-state index contributed by atoms with van der Waals surface area (Å²) in [5.74, 6) is 0. The van der Waals surface area contributed by atoms with Crippen LogP contribution in [-0.2, 0) is 6.42 Å². The lowest BCUT2D eigenvalue weighted by Crippen LogP contribution is -2.47. The Bertz CT molecular complexity index is 660. The fourth-order valence-electron chi connectivity index (χ4n) is 3.53. The Morgan fingerprint density at radius 3 is 2.65 bits per heavy atom. The van der Waals surface area contributed by atoms with E-state index in [0.29, 0.717) is 0 Å². The van der Waals surface area contributed by atoms with Gasteiger partial charge < -0.3 is 14.9 Å². The van der Waals surface area contributed by atoms with E-state index in [2.05, 4.69) is 52.2 Å². The highest BCUT2D eigenvalue weighted by Gasteiger charge is 2.35. The summed E-state index contributed by atoms with van der Waals surface area (Å²) in [6.45, 7) is 5.12. The number of piperidine rings is 1. The summed E-state index contributed by atoms with van der Waals surface area (Å²) in [4.78, 5) is 4.53. The molecule has 1 saturated heterocycles. The number of aliphatic hydroxyl groups is 1. The minimum atomic E-state index is 0.00454. The number of rotatable bonds is 5. The number of aliphatic hydroxyl groups excluding tert-OH is 1. The zero-order chi connectivity index (χ0) is 16.4. The van der Waals surface area contributed by atoms with Crippen LogP contribution in [0, 0.1) is 5.41 Å². The first kappa shape index (κ1) is 16.1. The Labute approximate surface area is 136 Å². The molecular weight excluding hydrogens is 292 g/mol. The first-order valence-corrected chi connectivity index (χ1v) is 8.27. The minimum absolute atomic E-state index is 0.00454. The Kier molecular flexibility index (Phi) is 4.50. The molecule has 23 heavy (non-hydrogen) atoms. The van der Waals surface area contributed by atoms with E-state index in [0.717, 1.165) is 55.9 Å². The first-order valence-electron chi connectivity index (χ1n) is 8.27. The van der Waals surface area contributed by atoms with Crippen LogP contribution in [0.15, 0.2) is 12.4 Å². The number of anilines is 1. The molecule has 1 aliphatic heterocycles. The lowest BCUT2D eigenvalue weighted by Gasteiger charge is -2.43. The highest BCUT2D eigenvalue weighted by Crippen LogP contribution is 2.34. The summed E-state index contributed by atoms with van der Waals surface area (Å²) in [6, 6.07) is 2.13. The molecule has 0 atom stereocenters. The normalized spacial score (nSPS) is 18.0. The maximum atomic E-state index is 9.89. The maximum absolute atomic E-state index is 9.89. The van der Waals surface area contributed by atoms with Gasteiger partial charge in [0.05, 0.1) is 18.0 Å². The maximum Gasteiger partial charge on any atom is 0.200 e. The van der Waals surface area contributed by atoms with Gasteiger partial charge >= 0.3 is 0 Å². The van der Waals surface area contributed by atoms with Gasteiger partial charge in [0.1, 0.15) is 6.33 Å². The average molecular weight is 318 g/mol. The largest absolute Gasteiger partial charge is 0.396 e. The summed E-state index contributed by atoms with van der Waals surface area (Å²) >= 11 is 0. The predicted molar refractivity (Wildman–Crippen MR) is 89.7 cm³/mol. The molecule has 3 heterocycles. The summed E-state index contributed by atoms with van der Waals surface area (Å²) in [6.07, 6.45) is 4.50. The molecule has 0 aromatic carbocycles. The lowest BCUT2D eigenvalue weighted by atomic mass is 9.78. The van der Waals surface area contributed by atoms with E-state index < -0.39 is 0 Å². The highest BCUT2D eigenvalue weighted by molar-refractivity contribution is 5.68. The van der Waals surface area contributed by atoms with Gasteiger partial charge in [0, 0.05) is 25.0 Å². The van der Waals surface area contributed by atoms with E-state index >= 15 is 0 Å². The zero-order valence-electron chi connectivity index (χ0n) is 14.2. The minimum Gasteiger partial charge on any atom is -0.396 e. The Balaban J connectivity index is 1.83. The van der Waals surface area contributed by atoms with E-state index in [-0.39, 0.29) is 12.0 Å². The molecule has 0 unspecified atom stereocenters. The van der Waals surface area contributed by atoms with E-state index in [1.54, 1.807) is 10.8 Å². The molecular formula is C16H26N6O. The van der Waals surface area contributed by atoms with Gasteiger partial charge in [0.15, 0.2) is 0 Å². The molecule has 0 bridgehead atoms. The summed E-state index contributed by atoms with van der Waals surface area (Å²) in [7, 11) is 4.14. The molecule has 0 saturated carbocycles. The van der Waals surface area contributed by atoms with Crippen molar-refractivity contribution in [3.8, 4) is 0 Å². The molecule has 7 heteroatoms. The molecule has 126 valence electrons. The van der Waals surface area contributed by atoms with Crippen molar-refractivity contribution >= 4 is 11.3 Å². The second-order valence-electron chi connectivity index (χ2n) is 6.86. The fraction of sp³-hybridized carbons (Fsp3) is 0.688. The van der Waals surface area contributed by atoms with Gasteiger partial charge in [-0.1, -0.05) is 6.92 Å². The number of hydrogen-bond acceptors (Lipinski definition) is 6. The molecule has 0 radical (unpaired) electrons. The van der Waals surface area contributed by atoms with Crippen LogP contribution in [0.4, 0.5) is 5.69 Å². The highest BCUT2D eigenvalue weighted by atomic mass is 16.3. The third-order valence-corrected chi connectivity index (χ3v) is 4.81. The van der Waals surface area contributed by atoms with Crippen molar-refractivity contribution in [3.63, 3.8) is 0 Å². The Morgan fingerprint density at radius 1 is 1.30 bits per heavy atom. The zero-order valence-corrected chi connectivity index (χ0v) is 14.2. The monoisotopic (exact) mass is 318 g/mol. The third kappa shape index (κ3) is 3.16. The van der Waals surface area contributed by atoms with Gasteiger partial charge in [-0.15, -0.1) is 10.2 Å². The van der Waals surface area contributed by atoms with Crippen molar-refractivity contribution in [3.05, 3.63) is 18.1 Å². The van der Waals surface area contributed by atoms with Crippen LogP contribution in [0.25, 0.3) is 5.65 Å². The van der Waals surface area contributed by atoms with Crippen molar-refractivity contribution in [2.45, 2.75) is 26.2 Å². The van der Waals surface area contributed by atoms with Crippen molar-refractivity contribution in [2.75, 3.05) is 45.2 Å². The summed E-state index contributed by atoms with van der Waals surface area (Å²) in [5.41, 5.74) is 2.96. The number of aromatic nitrogens is 4. The molecule has 7 nitrogen and oxygen atoms in total. The van der Waals surface area contributed by atoms with E-state index in [1.807, 2.05) is 0 Å². The Hall–Kier alpha value is -1.73. The van der Waals surface area contributed by atoms with Crippen LogP contribution in [-0.4, -0.2) is 70.2 Å². The molecule has 0 spiro atoms. The standard InChI is InChI=1S/C16H26N6O/c1-4-13-9-14(15-18-17-12-22(15)19-13)21-7-5-16(11-23,6-8-21)10-20(2)3/h9,12,23H,4-8,10-11H2,1-3H3. The molecule has 0 aliphatic carbocycles. The molecule has 1 aliphatic rings. The number of aryl methyl sites for hydroxylation is 1. The van der Waals surface area contributed by atoms with Crippen LogP contribution in [0.2, 0.25) is 0 Å². The molecule has 2 aromatic heterocycles. The predicted octanol–water partition coefficient (Wildman–Crippen LogP) is 0.827. The van der Waals surface area contributed by atoms with Crippen molar-refractivity contribution in [2.24, 2.45) is 5.41 Å². The third-order valence-electron chi connectivity index (χ3n) is 4.81. The quantitative estimate of drug-likeness (QED) is 0.880. The van der Waals surface area contributed by atoms with Crippen molar-refractivity contribution < 1.29 is 5.11 Å². The first-order chi connectivity index (χ1) is 11.1. The van der Waals surface area contributed by atoms with Crippen molar-refractivity contribution in [1.82, 2.24) is 24.7 Å². The SMILES string of the molecule is CCc1cc(N2CCC(CO)(CN(C)C)CC2)c2nncn2n1. The molecule has 2 aromatic rings. The summed E-state index contributed by atoms with van der Waals surface area (Å²) in [5, 5.41) is 22.6. The second kappa shape index (κ2) is 6.41. The van der Waals surface area contributed by atoms with Gasteiger partial charge in [-0.2, -0.15) is 9.61 Å². The second-order valence-corrected chi connectivity index (χ2v) is 6.86. The average Bonchev–Trinajstić information content (AvgIpc) is 3.02. The van der Waals surface area contributed by atoms with Gasteiger partial charge in [-0.05, 0) is 39.4 Å². The van der Waals surface area contributed by atoms with Crippen LogP contribution < -0.4 is 4.90 Å². The van der Waals surface area contributed by atoms with Gasteiger partial charge in [-0.25, -0.2) is 0 Å². The van der Waals surface area contributed by atoms with Gasteiger partial charge in [0.2, 0.25) is 5.65 Å². The number of nitrogens with zero attached hydrogens (tertiary/aromatic N) is 6. The fourth-order valence-corrected chi connectivity index (χ4v) is 3.53. The number of fused-ring (bicyclic) bond motifs is 1. The molecule has 0 amide bonds. The lowest BCUT2D eigenvalue weighted by molar-refractivity contribution is 0.0677. The molecule has 1 fully saturated rings. The summed E-state index contributed by atoms with van der Waals surface area (Å²) < 4.78 is 1.77. The van der Waals surface area contributed by atoms with Crippen LogP contribution in [0.3, 0.4) is 0 Å². The smallest absolute Gasteiger partial charge is 0.200 e. The van der Waals surface area contributed by atoms with Crippen LogP contribution >= 0.6 is 0 Å². The Morgan fingerprint density at radius 2 is 2.04 bits per heavy atom. The van der Waals surface area contributed by atoms with Gasteiger partial charge in [-0.3, -0.25) is 0 Å². The van der Waals surface area contributed by atoms with Crippen LogP contribution in [0.1, 0.15) is 25.5 Å². The number of hydrogen-bond donors (Lipinski definition) is 1. The molecule has 3 rings (SSSR count). The topological polar surface area (TPSA) is 69.8 Å². The van der Waals surface area contributed by atoms with Gasteiger partial charge in [0.25, 0.3) is 0 Å². The molecule has 1 N–H and O–H groups in total. The van der Waals surface area contributed by atoms with E-state index in [1.165, 1.54) is 0 Å². The van der Waals surface area contributed by atoms with E-state index in [4.69, 9.17) is 0 Å². The van der Waals surface area contributed by atoms with Crippen LogP contribution in [0.5, 0.6) is 0 Å².